The number of benzene rings is 1. The number of carbonyl (C=O) groups excluding carboxylic acids is 1. The lowest BCUT2D eigenvalue weighted by molar-refractivity contribution is -0.128. The Morgan fingerprint density at radius 3 is 2.83 bits per heavy atom. The Bertz CT molecular complexity index is 435. The Balaban J connectivity index is 1.98. The summed E-state index contributed by atoms with van der Waals surface area (Å²) in [5.74, 6) is 0.261. The molecule has 0 spiro atoms. The number of nitrogens with zero attached hydrogens (tertiary/aromatic N) is 1. The van der Waals surface area contributed by atoms with E-state index in [-0.39, 0.29) is 11.3 Å². The molecule has 4 heteroatoms. The van der Waals surface area contributed by atoms with Crippen molar-refractivity contribution in [1.82, 2.24) is 4.90 Å². The van der Waals surface area contributed by atoms with Crippen molar-refractivity contribution in [3.8, 4) is 0 Å². The average molecular weight is 326 g/mol. The fourth-order valence-corrected chi connectivity index (χ4v) is 3.39. The molecule has 0 aromatic heterocycles. The lowest BCUT2D eigenvalue weighted by atomic mass is 10.4. The van der Waals surface area contributed by atoms with Crippen LogP contribution in [0.25, 0.3) is 0 Å². The van der Waals surface area contributed by atoms with Crippen molar-refractivity contribution in [2.24, 2.45) is 0 Å². The minimum atomic E-state index is 0.261. The lowest BCUT2D eigenvalue weighted by Crippen LogP contribution is -2.31. The SMILES string of the molecule is C=C(Br)CCN1C(=O)CCC1Sc1ccccc1. The molecule has 0 aliphatic carbocycles. The van der Waals surface area contributed by atoms with Crippen LogP contribution in [-0.2, 0) is 4.79 Å². The van der Waals surface area contributed by atoms with Crippen molar-refractivity contribution in [2.75, 3.05) is 6.54 Å². The zero-order valence-electron chi connectivity index (χ0n) is 10.1. The standard InChI is InChI=1S/C14H16BrNOS/c1-11(15)9-10-16-13(17)7-8-14(16)18-12-5-3-2-4-6-12/h2-6,14H,1,7-10H2. The molecule has 2 rings (SSSR count). The van der Waals surface area contributed by atoms with Crippen LogP contribution in [0, 0.1) is 0 Å². The van der Waals surface area contributed by atoms with Crippen LogP contribution in [0.2, 0.25) is 0 Å². The summed E-state index contributed by atoms with van der Waals surface area (Å²) in [7, 11) is 0. The lowest BCUT2D eigenvalue weighted by Gasteiger charge is -2.24. The molecule has 0 bridgehead atoms. The van der Waals surface area contributed by atoms with E-state index in [4.69, 9.17) is 0 Å². The topological polar surface area (TPSA) is 20.3 Å². The highest BCUT2D eigenvalue weighted by atomic mass is 79.9. The van der Waals surface area contributed by atoms with Crippen LogP contribution in [-0.4, -0.2) is 22.7 Å². The Labute approximate surface area is 121 Å². The summed E-state index contributed by atoms with van der Waals surface area (Å²) in [5.41, 5.74) is 0. The van der Waals surface area contributed by atoms with E-state index in [1.807, 2.05) is 23.1 Å². The van der Waals surface area contributed by atoms with E-state index in [0.717, 1.165) is 23.9 Å². The monoisotopic (exact) mass is 325 g/mol. The van der Waals surface area contributed by atoms with Gasteiger partial charge >= 0.3 is 0 Å². The molecule has 1 aromatic carbocycles. The first kappa shape index (κ1) is 13.7. The molecule has 1 aliphatic rings. The van der Waals surface area contributed by atoms with E-state index < -0.39 is 0 Å². The molecular formula is C14H16BrNOS. The van der Waals surface area contributed by atoms with E-state index in [0.29, 0.717) is 6.42 Å². The van der Waals surface area contributed by atoms with Gasteiger partial charge in [-0.1, -0.05) is 40.7 Å². The van der Waals surface area contributed by atoms with Crippen LogP contribution in [0.4, 0.5) is 0 Å². The zero-order chi connectivity index (χ0) is 13.0. The summed E-state index contributed by atoms with van der Waals surface area (Å²) < 4.78 is 0.950. The minimum Gasteiger partial charge on any atom is -0.330 e. The molecule has 1 aliphatic heterocycles. The van der Waals surface area contributed by atoms with Gasteiger partial charge in [0.15, 0.2) is 0 Å². The van der Waals surface area contributed by atoms with Crippen LogP contribution >= 0.6 is 27.7 Å². The van der Waals surface area contributed by atoms with Gasteiger partial charge < -0.3 is 4.90 Å². The molecule has 1 heterocycles. The highest BCUT2D eigenvalue weighted by Gasteiger charge is 2.31. The summed E-state index contributed by atoms with van der Waals surface area (Å²) in [5, 5.41) is 0.270. The van der Waals surface area contributed by atoms with Crippen molar-refractivity contribution in [3.05, 3.63) is 41.4 Å². The fourth-order valence-electron chi connectivity index (χ4n) is 2.00. The van der Waals surface area contributed by atoms with Gasteiger partial charge in [0.05, 0.1) is 5.37 Å². The largest absolute Gasteiger partial charge is 0.330 e. The second-order valence-corrected chi connectivity index (χ2v) is 6.65. The third-order valence-electron chi connectivity index (χ3n) is 2.91. The number of halogens is 1. The number of hydrogen-bond donors (Lipinski definition) is 0. The van der Waals surface area contributed by atoms with Crippen LogP contribution < -0.4 is 0 Å². The molecule has 1 amide bonds. The van der Waals surface area contributed by atoms with Crippen molar-refractivity contribution in [1.29, 1.82) is 0 Å². The van der Waals surface area contributed by atoms with Crippen LogP contribution in [0.3, 0.4) is 0 Å². The van der Waals surface area contributed by atoms with Crippen molar-refractivity contribution in [2.45, 2.75) is 29.5 Å². The second-order valence-electron chi connectivity index (χ2n) is 4.28. The van der Waals surface area contributed by atoms with Gasteiger partial charge in [-0.25, -0.2) is 0 Å². The van der Waals surface area contributed by atoms with E-state index in [9.17, 15) is 4.79 Å². The van der Waals surface area contributed by atoms with E-state index in [2.05, 4.69) is 34.6 Å². The number of thioether (sulfide) groups is 1. The van der Waals surface area contributed by atoms with Crippen molar-refractivity contribution < 1.29 is 4.79 Å². The Hall–Kier alpha value is -0.740. The van der Waals surface area contributed by atoms with Gasteiger partial charge in [-0.2, -0.15) is 0 Å². The van der Waals surface area contributed by atoms with Crippen molar-refractivity contribution >= 4 is 33.6 Å². The quantitative estimate of drug-likeness (QED) is 0.814. The number of likely N-dealkylation sites (tertiary alicyclic amines) is 1. The number of carbonyl (C=O) groups is 1. The van der Waals surface area contributed by atoms with E-state index >= 15 is 0 Å². The molecule has 1 atom stereocenters. The Morgan fingerprint density at radius 1 is 1.44 bits per heavy atom. The molecule has 0 saturated carbocycles. The van der Waals surface area contributed by atoms with Crippen LogP contribution in [0.1, 0.15) is 19.3 Å². The highest BCUT2D eigenvalue weighted by Crippen LogP contribution is 2.33. The van der Waals surface area contributed by atoms with E-state index in [1.165, 1.54) is 4.90 Å². The predicted molar refractivity (Wildman–Crippen MR) is 79.7 cm³/mol. The normalized spacial score (nSPS) is 19.3. The van der Waals surface area contributed by atoms with Crippen LogP contribution in [0.5, 0.6) is 0 Å². The minimum absolute atomic E-state index is 0.261. The molecular weight excluding hydrogens is 310 g/mol. The van der Waals surface area contributed by atoms with Gasteiger partial charge in [-0.15, -0.1) is 11.8 Å². The summed E-state index contributed by atoms with van der Waals surface area (Å²) >= 11 is 5.12. The third-order valence-corrected chi connectivity index (χ3v) is 4.62. The molecule has 2 nitrogen and oxygen atoms in total. The summed E-state index contributed by atoms with van der Waals surface area (Å²) in [6.45, 7) is 4.58. The smallest absolute Gasteiger partial charge is 0.223 e. The predicted octanol–water partition coefficient (Wildman–Crippen LogP) is 4.03. The summed E-state index contributed by atoms with van der Waals surface area (Å²) in [4.78, 5) is 15.1. The number of amides is 1. The Kier molecular flexibility index (Phi) is 4.89. The van der Waals surface area contributed by atoms with Crippen LogP contribution in [0.15, 0.2) is 46.3 Å². The molecule has 1 unspecified atom stereocenters. The molecule has 0 radical (unpaired) electrons. The van der Waals surface area contributed by atoms with Gasteiger partial charge in [0.2, 0.25) is 5.91 Å². The molecule has 1 aromatic rings. The summed E-state index contributed by atoms with van der Waals surface area (Å²) in [6, 6.07) is 10.3. The van der Waals surface area contributed by atoms with Gasteiger partial charge in [0.1, 0.15) is 0 Å². The van der Waals surface area contributed by atoms with Gasteiger partial charge in [-0.05, 0) is 29.5 Å². The average Bonchev–Trinajstić information content (AvgIpc) is 2.69. The second kappa shape index (κ2) is 6.43. The van der Waals surface area contributed by atoms with E-state index in [1.54, 1.807) is 11.8 Å². The number of rotatable bonds is 5. The highest BCUT2D eigenvalue weighted by molar-refractivity contribution is 9.11. The first-order valence-electron chi connectivity index (χ1n) is 6.01. The maximum Gasteiger partial charge on any atom is 0.223 e. The molecule has 1 saturated heterocycles. The maximum atomic E-state index is 11.9. The zero-order valence-corrected chi connectivity index (χ0v) is 12.5. The molecule has 1 fully saturated rings. The van der Waals surface area contributed by atoms with Gasteiger partial charge in [0, 0.05) is 17.9 Å². The third kappa shape index (κ3) is 3.62. The maximum absolute atomic E-state index is 11.9. The van der Waals surface area contributed by atoms with Gasteiger partial charge in [0.25, 0.3) is 0 Å². The van der Waals surface area contributed by atoms with Crippen molar-refractivity contribution in [3.63, 3.8) is 0 Å². The first-order valence-corrected chi connectivity index (χ1v) is 7.68. The Morgan fingerprint density at radius 2 is 2.17 bits per heavy atom. The first-order chi connectivity index (χ1) is 8.66. The molecule has 96 valence electrons. The fraction of sp³-hybridized carbons (Fsp3) is 0.357. The molecule has 0 N–H and O–H groups in total. The molecule has 18 heavy (non-hydrogen) atoms. The summed E-state index contributed by atoms with van der Waals surface area (Å²) in [6.07, 6.45) is 2.42. The van der Waals surface area contributed by atoms with Gasteiger partial charge in [-0.3, -0.25) is 4.79 Å². The number of hydrogen-bond acceptors (Lipinski definition) is 2.